The van der Waals surface area contributed by atoms with Crippen LogP contribution in [0.4, 0.5) is 20.2 Å². The van der Waals surface area contributed by atoms with Crippen molar-refractivity contribution in [2.75, 3.05) is 25.0 Å². The summed E-state index contributed by atoms with van der Waals surface area (Å²) in [5.74, 6) is -2.13. The number of carbonyl (C=O) groups excluding carboxylic acids is 2. The number of benzene rings is 2. The molecule has 2 aromatic rings. The number of nitrogens with zero attached hydrogens (tertiary/aromatic N) is 2. The molecular weight excluding hydrogens is 364 g/mol. The summed E-state index contributed by atoms with van der Waals surface area (Å²) in [5, 5.41) is 2.39. The lowest BCUT2D eigenvalue weighted by Crippen LogP contribution is -2.47. The highest BCUT2D eigenvalue weighted by Crippen LogP contribution is 2.32. The van der Waals surface area contributed by atoms with E-state index in [4.69, 9.17) is 0 Å². The van der Waals surface area contributed by atoms with Gasteiger partial charge in [-0.1, -0.05) is 11.6 Å². The number of hydrogen-bond donors (Lipinski definition) is 1. The zero-order chi connectivity index (χ0) is 19.8. The molecule has 0 bridgehead atoms. The zero-order valence-corrected chi connectivity index (χ0v) is 15.3. The van der Waals surface area contributed by atoms with Gasteiger partial charge in [0.25, 0.3) is 0 Å². The number of carbonyl (C=O) groups is 2. The van der Waals surface area contributed by atoms with E-state index in [1.54, 1.807) is 0 Å². The molecule has 2 aromatic carbocycles. The van der Waals surface area contributed by atoms with Gasteiger partial charge in [0, 0.05) is 30.4 Å². The molecule has 1 unspecified atom stereocenters. The van der Waals surface area contributed by atoms with Crippen LogP contribution >= 0.6 is 0 Å². The van der Waals surface area contributed by atoms with Crippen molar-refractivity contribution >= 4 is 28.8 Å². The number of aryl methyl sites for hydroxylation is 1. The highest BCUT2D eigenvalue weighted by molar-refractivity contribution is 6.18. The molecule has 144 valence electrons. The van der Waals surface area contributed by atoms with Crippen molar-refractivity contribution in [1.29, 1.82) is 0 Å². The minimum absolute atomic E-state index is 0.00626. The molecule has 5 nitrogen and oxygen atoms in total. The summed E-state index contributed by atoms with van der Waals surface area (Å²) >= 11 is 0. The Hall–Kier alpha value is -2.93. The molecule has 1 amide bonds. The standard InChI is InChI=1S/C21H19F2N3O2/c1-12-2-5-17-14(8-12)21(28)15-10-26(7-6-18(15)24-17)11-20(27)25-19-9-13(22)3-4-16(19)23/h2-5,8-9,15H,6-7,10-11H2,1H3,(H,25,27). The highest BCUT2D eigenvalue weighted by atomic mass is 19.1. The average Bonchev–Trinajstić information content (AvgIpc) is 2.66. The van der Waals surface area contributed by atoms with Gasteiger partial charge in [0.05, 0.1) is 23.8 Å². The fraction of sp³-hybridized carbons (Fsp3) is 0.286. The quantitative estimate of drug-likeness (QED) is 0.882. The minimum Gasteiger partial charge on any atom is -0.322 e. The van der Waals surface area contributed by atoms with Gasteiger partial charge in [0.2, 0.25) is 5.91 Å². The van der Waals surface area contributed by atoms with Crippen LogP contribution in [-0.4, -0.2) is 41.9 Å². The molecule has 1 N–H and O–H groups in total. The predicted molar refractivity (Wildman–Crippen MR) is 102 cm³/mol. The number of fused-ring (bicyclic) bond motifs is 2. The molecule has 0 radical (unpaired) electrons. The number of rotatable bonds is 3. The first-order valence-electron chi connectivity index (χ1n) is 9.10. The zero-order valence-electron chi connectivity index (χ0n) is 15.3. The number of halogens is 2. The number of hydrogen-bond acceptors (Lipinski definition) is 4. The van der Waals surface area contributed by atoms with Crippen molar-refractivity contribution < 1.29 is 18.4 Å². The lowest BCUT2D eigenvalue weighted by Gasteiger charge is -2.34. The van der Waals surface area contributed by atoms with E-state index in [-0.39, 0.29) is 23.9 Å². The van der Waals surface area contributed by atoms with Gasteiger partial charge in [0.15, 0.2) is 5.78 Å². The highest BCUT2D eigenvalue weighted by Gasteiger charge is 2.36. The second-order valence-electron chi connectivity index (χ2n) is 7.20. The van der Waals surface area contributed by atoms with Crippen molar-refractivity contribution in [3.05, 3.63) is 59.2 Å². The predicted octanol–water partition coefficient (Wildman–Crippen LogP) is 3.50. The van der Waals surface area contributed by atoms with Gasteiger partial charge in [0.1, 0.15) is 11.6 Å². The SMILES string of the molecule is Cc1ccc2c(c1)C(=O)C1CN(CC(=O)Nc3cc(F)ccc3F)CCC1=N2. The van der Waals surface area contributed by atoms with E-state index in [1.807, 2.05) is 30.0 Å². The van der Waals surface area contributed by atoms with Crippen LogP contribution in [-0.2, 0) is 4.79 Å². The molecule has 7 heteroatoms. The van der Waals surface area contributed by atoms with Crippen LogP contribution < -0.4 is 5.32 Å². The summed E-state index contributed by atoms with van der Waals surface area (Å²) in [7, 11) is 0. The van der Waals surface area contributed by atoms with Gasteiger partial charge in [-0.05, 0) is 37.6 Å². The second-order valence-corrected chi connectivity index (χ2v) is 7.20. The van der Waals surface area contributed by atoms with E-state index >= 15 is 0 Å². The minimum atomic E-state index is -0.697. The Morgan fingerprint density at radius 2 is 2.07 bits per heavy atom. The summed E-state index contributed by atoms with van der Waals surface area (Å²) in [5.41, 5.74) is 2.96. The van der Waals surface area contributed by atoms with Crippen LogP contribution in [0.2, 0.25) is 0 Å². The molecule has 0 saturated carbocycles. The van der Waals surface area contributed by atoms with Crippen LogP contribution in [0.1, 0.15) is 22.3 Å². The molecule has 0 spiro atoms. The van der Waals surface area contributed by atoms with Crippen LogP contribution in [0.15, 0.2) is 41.4 Å². The van der Waals surface area contributed by atoms with Crippen LogP contribution in [0, 0.1) is 24.5 Å². The van der Waals surface area contributed by atoms with Gasteiger partial charge < -0.3 is 5.32 Å². The number of anilines is 1. The fourth-order valence-electron chi connectivity index (χ4n) is 3.69. The van der Waals surface area contributed by atoms with Gasteiger partial charge in [-0.25, -0.2) is 8.78 Å². The Bertz CT molecular complexity index is 1000. The first kappa shape index (κ1) is 18.4. The fourth-order valence-corrected chi connectivity index (χ4v) is 3.69. The van der Waals surface area contributed by atoms with Gasteiger partial charge >= 0.3 is 0 Å². The first-order chi connectivity index (χ1) is 13.4. The van der Waals surface area contributed by atoms with E-state index in [0.29, 0.717) is 30.8 Å². The molecule has 1 fully saturated rings. The Morgan fingerprint density at radius 3 is 2.89 bits per heavy atom. The monoisotopic (exact) mass is 383 g/mol. The van der Waals surface area contributed by atoms with E-state index < -0.39 is 17.5 Å². The van der Waals surface area contributed by atoms with Crippen LogP contribution in [0.25, 0.3) is 0 Å². The maximum absolute atomic E-state index is 13.7. The smallest absolute Gasteiger partial charge is 0.238 e. The third-order valence-corrected chi connectivity index (χ3v) is 5.09. The number of piperidine rings is 1. The number of aliphatic imine (C=N–C) groups is 1. The number of amides is 1. The van der Waals surface area contributed by atoms with Gasteiger partial charge in [-0.3, -0.25) is 19.5 Å². The average molecular weight is 383 g/mol. The molecule has 0 aromatic heterocycles. The maximum atomic E-state index is 13.7. The Labute approximate surface area is 161 Å². The third-order valence-electron chi connectivity index (χ3n) is 5.09. The van der Waals surface area contributed by atoms with Crippen molar-refractivity contribution in [2.24, 2.45) is 10.9 Å². The summed E-state index contributed by atoms with van der Waals surface area (Å²) in [6.07, 6.45) is 0.589. The lowest BCUT2D eigenvalue weighted by atomic mass is 9.84. The number of nitrogens with one attached hydrogen (secondary N) is 1. The van der Waals surface area contributed by atoms with Gasteiger partial charge in [-0.15, -0.1) is 0 Å². The number of ketones is 1. The Kier molecular flexibility index (Phi) is 4.77. The molecule has 2 aliphatic heterocycles. The van der Waals surface area contributed by atoms with Crippen molar-refractivity contribution in [3.63, 3.8) is 0 Å². The molecule has 2 aliphatic rings. The summed E-state index contributed by atoms with van der Waals surface area (Å²) < 4.78 is 27.0. The Balaban J connectivity index is 1.45. The maximum Gasteiger partial charge on any atom is 0.238 e. The van der Waals surface area contributed by atoms with Crippen molar-refractivity contribution in [2.45, 2.75) is 13.3 Å². The van der Waals surface area contributed by atoms with E-state index in [2.05, 4.69) is 10.3 Å². The molecule has 1 atom stereocenters. The van der Waals surface area contributed by atoms with Crippen LogP contribution in [0.5, 0.6) is 0 Å². The largest absolute Gasteiger partial charge is 0.322 e. The molecule has 28 heavy (non-hydrogen) atoms. The molecule has 0 aliphatic carbocycles. The third kappa shape index (κ3) is 3.57. The number of likely N-dealkylation sites (tertiary alicyclic amines) is 1. The topological polar surface area (TPSA) is 61.8 Å². The van der Waals surface area contributed by atoms with Crippen LogP contribution in [0.3, 0.4) is 0 Å². The Morgan fingerprint density at radius 1 is 1.25 bits per heavy atom. The summed E-state index contributed by atoms with van der Waals surface area (Å²) in [6, 6.07) is 8.54. The van der Waals surface area contributed by atoms with Crippen molar-refractivity contribution in [3.8, 4) is 0 Å². The summed E-state index contributed by atoms with van der Waals surface area (Å²) in [6.45, 7) is 2.87. The second kappa shape index (κ2) is 7.24. The summed E-state index contributed by atoms with van der Waals surface area (Å²) in [4.78, 5) is 31.7. The van der Waals surface area contributed by atoms with Crippen molar-refractivity contribution in [1.82, 2.24) is 4.90 Å². The molecule has 4 rings (SSSR count). The molecular formula is C21H19F2N3O2. The number of Topliss-reactive ketones (excluding diaryl/α,β-unsaturated/α-hetero) is 1. The normalized spacial score (nSPS) is 18.9. The van der Waals surface area contributed by atoms with Gasteiger partial charge in [-0.2, -0.15) is 0 Å². The lowest BCUT2D eigenvalue weighted by molar-refractivity contribution is -0.117. The molecule has 1 saturated heterocycles. The van der Waals surface area contributed by atoms with E-state index in [1.165, 1.54) is 0 Å². The molecule has 2 heterocycles. The first-order valence-corrected chi connectivity index (χ1v) is 9.10. The van der Waals surface area contributed by atoms with E-state index in [9.17, 15) is 18.4 Å². The van der Waals surface area contributed by atoms with E-state index in [0.717, 1.165) is 29.5 Å².